The summed E-state index contributed by atoms with van der Waals surface area (Å²) in [6, 6.07) is 7.21. The van der Waals surface area contributed by atoms with Gasteiger partial charge in [0.15, 0.2) is 0 Å². The normalized spacial score (nSPS) is 16.7. The van der Waals surface area contributed by atoms with Crippen LogP contribution in [0.2, 0.25) is 0 Å². The molecular weight excluding hydrogens is 437 g/mol. The van der Waals surface area contributed by atoms with E-state index in [0.717, 1.165) is 12.1 Å². The summed E-state index contributed by atoms with van der Waals surface area (Å²) in [6.45, 7) is 0.843. The molecule has 1 fully saturated rings. The van der Waals surface area contributed by atoms with E-state index in [-0.39, 0.29) is 31.7 Å². The summed E-state index contributed by atoms with van der Waals surface area (Å²) in [5, 5.41) is 8.74. The van der Waals surface area contributed by atoms with Crippen molar-refractivity contribution in [2.45, 2.75) is 37.5 Å². The fraction of sp³-hybridized carbons (Fsp3) is 0.375. The summed E-state index contributed by atoms with van der Waals surface area (Å²) in [7, 11) is 0. The number of likely N-dealkylation sites (tertiary alicyclic amines) is 1. The molecule has 33 heavy (non-hydrogen) atoms. The van der Waals surface area contributed by atoms with Crippen molar-refractivity contribution in [2.75, 3.05) is 24.5 Å². The highest BCUT2D eigenvalue weighted by molar-refractivity contribution is 6.08. The number of amides is 2. The molecule has 0 aliphatic carbocycles. The first-order valence-electron chi connectivity index (χ1n) is 10.8. The number of hydrogen-bond acceptors (Lipinski definition) is 3. The molecule has 0 unspecified atom stereocenters. The predicted molar refractivity (Wildman–Crippen MR) is 113 cm³/mol. The molecule has 0 radical (unpaired) electrons. The van der Waals surface area contributed by atoms with Gasteiger partial charge in [-0.2, -0.15) is 0 Å². The highest BCUT2D eigenvalue weighted by atomic mass is 19.1. The fourth-order valence-electron chi connectivity index (χ4n) is 4.82. The number of halogens is 3. The van der Waals surface area contributed by atoms with Gasteiger partial charge in [0.1, 0.15) is 23.0 Å². The molecule has 2 aliphatic heterocycles. The molecule has 4 rings (SSSR count). The number of carbonyl (C=O) groups excluding carboxylic acids is 2. The van der Waals surface area contributed by atoms with Gasteiger partial charge in [0.2, 0.25) is 5.91 Å². The average molecular weight is 460 g/mol. The molecule has 9 heteroatoms. The van der Waals surface area contributed by atoms with Crippen LogP contribution >= 0.6 is 0 Å². The number of anilines is 1. The first-order valence-corrected chi connectivity index (χ1v) is 10.8. The number of carbonyl (C=O) groups is 3. The number of carboxylic acids is 1. The lowest BCUT2D eigenvalue weighted by Gasteiger charge is -2.40. The third-order valence-electron chi connectivity index (χ3n) is 6.56. The van der Waals surface area contributed by atoms with Crippen LogP contribution in [0.4, 0.5) is 18.9 Å². The van der Waals surface area contributed by atoms with Crippen molar-refractivity contribution in [1.82, 2.24) is 4.90 Å². The van der Waals surface area contributed by atoms with Gasteiger partial charge in [-0.1, -0.05) is 6.07 Å². The molecule has 0 bridgehead atoms. The van der Waals surface area contributed by atoms with E-state index >= 15 is 0 Å². The Bertz CT molecular complexity index is 1090. The number of nitrogens with zero attached hydrogens (tertiary/aromatic N) is 2. The SMILES string of the molecule is O=C(O)CCCC(=O)N1CCC2(CC1)CN(C(=O)c1c(F)cccc1F)c1ccc(F)cc12. The Morgan fingerprint density at radius 3 is 2.27 bits per heavy atom. The number of hydrogen-bond donors (Lipinski definition) is 1. The molecule has 2 amide bonds. The molecule has 174 valence electrons. The van der Waals surface area contributed by atoms with E-state index < -0.39 is 40.3 Å². The first kappa shape index (κ1) is 22.8. The third kappa shape index (κ3) is 4.31. The fourth-order valence-corrected chi connectivity index (χ4v) is 4.82. The van der Waals surface area contributed by atoms with Crippen LogP contribution in [0.5, 0.6) is 0 Å². The third-order valence-corrected chi connectivity index (χ3v) is 6.56. The summed E-state index contributed by atoms with van der Waals surface area (Å²) < 4.78 is 42.7. The monoisotopic (exact) mass is 460 g/mol. The van der Waals surface area contributed by atoms with Crippen LogP contribution in [0.15, 0.2) is 36.4 Å². The molecule has 0 saturated carbocycles. The van der Waals surface area contributed by atoms with Gasteiger partial charge in [-0.15, -0.1) is 0 Å². The minimum atomic E-state index is -0.966. The maximum Gasteiger partial charge on any atom is 0.303 e. The Hall–Kier alpha value is -3.36. The summed E-state index contributed by atoms with van der Waals surface area (Å²) in [6.07, 6.45) is 1.18. The number of benzene rings is 2. The lowest BCUT2D eigenvalue weighted by atomic mass is 9.74. The summed E-state index contributed by atoms with van der Waals surface area (Å²) >= 11 is 0. The largest absolute Gasteiger partial charge is 0.481 e. The molecule has 2 aromatic carbocycles. The second kappa shape index (κ2) is 8.88. The number of piperidine rings is 1. The molecule has 1 spiro atoms. The Morgan fingerprint density at radius 2 is 1.64 bits per heavy atom. The summed E-state index contributed by atoms with van der Waals surface area (Å²) in [4.78, 5) is 39.2. The quantitative estimate of drug-likeness (QED) is 0.735. The molecule has 2 heterocycles. The van der Waals surface area contributed by atoms with Crippen molar-refractivity contribution >= 4 is 23.5 Å². The lowest BCUT2D eigenvalue weighted by molar-refractivity contribution is -0.137. The van der Waals surface area contributed by atoms with Crippen LogP contribution in [0.3, 0.4) is 0 Å². The van der Waals surface area contributed by atoms with E-state index in [9.17, 15) is 27.6 Å². The van der Waals surface area contributed by atoms with Crippen molar-refractivity contribution in [3.05, 3.63) is 65.0 Å². The van der Waals surface area contributed by atoms with E-state index in [0.29, 0.717) is 37.2 Å². The van der Waals surface area contributed by atoms with Crippen LogP contribution in [0, 0.1) is 17.5 Å². The average Bonchev–Trinajstić information content (AvgIpc) is 3.07. The van der Waals surface area contributed by atoms with Gasteiger partial charge in [-0.05, 0) is 55.2 Å². The van der Waals surface area contributed by atoms with Gasteiger partial charge in [-0.25, -0.2) is 13.2 Å². The van der Waals surface area contributed by atoms with Crippen molar-refractivity contribution in [3.8, 4) is 0 Å². The Balaban J connectivity index is 1.56. The molecule has 0 atom stereocenters. The van der Waals surface area contributed by atoms with Crippen molar-refractivity contribution in [3.63, 3.8) is 0 Å². The molecule has 1 N–H and O–H groups in total. The number of fused-ring (bicyclic) bond motifs is 2. The topological polar surface area (TPSA) is 77.9 Å². The van der Waals surface area contributed by atoms with Gasteiger partial charge < -0.3 is 14.9 Å². The van der Waals surface area contributed by atoms with Gasteiger partial charge in [0.25, 0.3) is 5.91 Å². The second-order valence-corrected chi connectivity index (χ2v) is 8.56. The first-order chi connectivity index (χ1) is 15.7. The maximum absolute atomic E-state index is 14.3. The van der Waals surface area contributed by atoms with E-state index in [2.05, 4.69) is 0 Å². The molecule has 1 saturated heterocycles. The molecule has 0 aromatic heterocycles. The van der Waals surface area contributed by atoms with Crippen LogP contribution in [-0.4, -0.2) is 47.4 Å². The Labute approximate surface area is 188 Å². The minimum Gasteiger partial charge on any atom is -0.481 e. The van der Waals surface area contributed by atoms with Crippen LogP contribution in [-0.2, 0) is 15.0 Å². The zero-order chi connectivity index (χ0) is 23.8. The summed E-state index contributed by atoms with van der Waals surface area (Å²) in [5.41, 5.74) is -0.307. The lowest BCUT2D eigenvalue weighted by Crippen LogP contribution is -2.48. The zero-order valence-electron chi connectivity index (χ0n) is 17.8. The van der Waals surface area contributed by atoms with Gasteiger partial charge in [0, 0.05) is 43.6 Å². The van der Waals surface area contributed by atoms with E-state index in [4.69, 9.17) is 5.11 Å². The van der Waals surface area contributed by atoms with Gasteiger partial charge in [0.05, 0.1) is 0 Å². The smallest absolute Gasteiger partial charge is 0.303 e. The van der Waals surface area contributed by atoms with Crippen LogP contribution in [0.1, 0.15) is 48.0 Å². The van der Waals surface area contributed by atoms with Gasteiger partial charge >= 0.3 is 5.97 Å². The predicted octanol–water partition coefficient (Wildman–Crippen LogP) is 3.88. The van der Waals surface area contributed by atoms with Crippen molar-refractivity contribution in [2.24, 2.45) is 0 Å². The highest BCUT2D eigenvalue weighted by Crippen LogP contribution is 2.48. The van der Waals surface area contributed by atoms with E-state index in [1.54, 1.807) is 4.90 Å². The number of aliphatic carboxylic acids is 1. The minimum absolute atomic E-state index is 0.0835. The summed E-state index contributed by atoms with van der Waals surface area (Å²) in [5.74, 6) is -4.35. The Kier molecular flexibility index (Phi) is 6.14. The van der Waals surface area contributed by atoms with E-state index in [1.807, 2.05) is 0 Å². The zero-order valence-corrected chi connectivity index (χ0v) is 17.8. The molecular formula is C24H23F3N2O4. The van der Waals surface area contributed by atoms with Crippen LogP contribution in [0.25, 0.3) is 0 Å². The van der Waals surface area contributed by atoms with Crippen LogP contribution < -0.4 is 4.90 Å². The molecule has 6 nitrogen and oxygen atoms in total. The van der Waals surface area contributed by atoms with Gasteiger partial charge in [-0.3, -0.25) is 14.4 Å². The molecule has 2 aromatic rings. The highest BCUT2D eigenvalue weighted by Gasteiger charge is 2.47. The van der Waals surface area contributed by atoms with Crippen molar-refractivity contribution in [1.29, 1.82) is 0 Å². The standard InChI is InChI=1S/C24H23F3N2O4/c25-15-7-8-19-16(13-15)24(9-11-28(12-10-24)20(30)5-2-6-21(31)32)14-29(19)23(33)22-17(26)3-1-4-18(22)27/h1,3-4,7-8,13H,2,5-6,9-12,14H2,(H,31,32). The molecule has 2 aliphatic rings. The second-order valence-electron chi connectivity index (χ2n) is 8.56. The number of carboxylic acid groups (broad SMARTS) is 1. The Morgan fingerprint density at radius 1 is 0.970 bits per heavy atom. The number of rotatable bonds is 5. The van der Waals surface area contributed by atoms with Crippen molar-refractivity contribution < 1.29 is 32.7 Å². The maximum atomic E-state index is 14.3. The van der Waals surface area contributed by atoms with E-state index in [1.165, 1.54) is 29.2 Å².